The Morgan fingerprint density at radius 3 is 1.78 bits per heavy atom. The molecule has 0 N–H and O–H groups in total. The maximum atomic E-state index is 11.7. The fourth-order valence-corrected chi connectivity index (χ4v) is 3.27. The molecule has 0 amide bonds. The van der Waals surface area contributed by atoms with Crippen LogP contribution in [0.1, 0.15) is 96.8 Å². The molecule has 0 atom stereocenters. The van der Waals surface area contributed by atoms with Gasteiger partial charge in [0, 0.05) is 0 Å². The largest absolute Gasteiger partial charge is 1.00 e. The molecule has 1 aromatic rings. The van der Waals surface area contributed by atoms with E-state index < -0.39 is 0 Å². The molecule has 1 rings (SSSR count). The molecule has 27 heavy (non-hydrogen) atoms. The standard InChI is InChI=1S/C22H41N2O2.BrH/c1-3-4-5-6-7-8-9-10-11-12-13-14-15-16-19-26-22(25)20-24-18-17-23(2)21-24;/h17-18,21H,3-16,19-20H2,1-2H3;1H/q+1;/p-1. The summed E-state index contributed by atoms with van der Waals surface area (Å²) >= 11 is 0. The highest BCUT2D eigenvalue weighted by Gasteiger charge is 2.08. The zero-order chi connectivity index (χ0) is 18.9. The zero-order valence-corrected chi connectivity index (χ0v) is 19.2. The molecule has 5 heteroatoms. The molecule has 1 aromatic heterocycles. The fourth-order valence-electron chi connectivity index (χ4n) is 3.27. The minimum Gasteiger partial charge on any atom is -1.00 e. The Bertz CT molecular complexity index is 463. The van der Waals surface area contributed by atoms with Crippen molar-refractivity contribution in [2.75, 3.05) is 6.61 Å². The van der Waals surface area contributed by atoms with Gasteiger partial charge in [-0.3, -0.25) is 0 Å². The van der Waals surface area contributed by atoms with E-state index in [-0.39, 0.29) is 23.0 Å². The first kappa shape index (κ1) is 26.2. The Morgan fingerprint density at radius 2 is 1.33 bits per heavy atom. The van der Waals surface area contributed by atoms with E-state index in [0.717, 1.165) is 6.42 Å². The predicted molar refractivity (Wildman–Crippen MR) is 107 cm³/mol. The van der Waals surface area contributed by atoms with Crippen LogP contribution in [-0.2, 0) is 23.1 Å². The smallest absolute Gasteiger partial charge is 0.348 e. The number of ether oxygens (including phenoxy) is 1. The minimum atomic E-state index is -0.143. The van der Waals surface area contributed by atoms with Crippen LogP contribution >= 0.6 is 0 Å². The van der Waals surface area contributed by atoms with Gasteiger partial charge in [0.25, 0.3) is 0 Å². The number of rotatable bonds is 17. The number of imidazole rings is 1. The molecule has 0 spiro atoms. The highest BCUT2D eigenvalue weighted by atomic mass is 79.9. The number of carbonyl (C=O) groups excluding carboxylic acids is 1. The van der Waals surface area contributed by atoms with Crippen LogP contribution in [-0.4, -0.2) is 17.1 Å². The molecule has 0 fully saturated rings. The molecule has 0 aliphatic heterocycles. The number of aromatic nitrogens is 2. The van der Waals surface area contributed by atoms with Gasteiger partial charge in [0.2, 0.25) is 6.33 Å². The molecule has 1 heterocycles. The summed E-state index contributed by atoms with van der Waals surface area (Å²) in [6, 6.07) is 0. The van der Waals surface area contributed by atoms with Crippen LogP contribution in [0.2, 0.25) is 0 Å². The van der Waals surface area contributed by atoms with E-state index in [1.807, 2.05) is 34.9 Å². The van der Waals surface area contributed by atoms with E-state index in [1.165, 1.54) is 83.5 Å². The summed E-state index contributed by atoms with van der Waals surface area (Å²) in [5.41, 5.74) is 0. The number of nitrogens with zero attached hydrogens (tertiary/aromatic N) is 2. The van der Waals surface area contributed by atoms with Gasteiger partial charge in [-0.15, -0.1) is 0 Å². The lowest BCUT2D eigenvalue weighted by molar-refractivity contribution is -0.671. The van der Waals surface area contributed by atoms with Crippen molar-refractivity contribution in [1.29, 1.82) is 0 Å². The van der Waals surface area contributed by atoms with Crippen molar-refractivity contribution in [3.8, 4) is 0 Å². The van der Waals surface area contributed by atoms with Crippen molar-refractivity contribution in [2.24, 2.45) is 7.05 Å². The molecular formula is C22H41BrN2O2. The van der Waals surface area contributed by atoms with Crippen LogP contribution in [0.5, 0.6) is 0 Å². The van der Waals surface area contributed by atoms with Crippen LogP contribution in [0.15, 0.2) is 18.7 Å². The van der Waals surface area contributed by atoms with Crippen molar-refractivity contribution >= 4 is 5.97 Å². The number of hydrogen-bond donors (Lipinski definition) is 0. The second-order valence-electron chi connectivity index (χ2n) is 7.57. The number of esters is 1. The van der Waals surface area contributed by atoms with Crippen molar-refractivity contribution < 1.29 is 31.1 Å². The SMILES string of the molecule is CCCCCCCCCCCCCCCCOC(=O)Cn1cc[n+](C)c1.[Br-]. The summed E-state index contributed by atoms with van der Waals surface area (Å²) in [7, 11) is 1.94. The third kappa shape index (κ3) is 15.9. The van der Waals surface area contributed by atoms with Gasteiger partial charge in [-0.25, -0.2) is 13.9 Å². The summed E-state index contributed by atoms with van der Waals surface area (Å²) in [6.07, 6.45) is 24.5. The van der Waals surface area contributed by atoms with Crippen molar-refractivity contribution in [3.05, 3.63) is 18.7 Å². The molecule has 0 aliphatic carbocycles. The number of hydrogen-bond acceptors (Lipinski definition) is 2. The molecule has 4 nitrogen and oxygen atoms in total. The highest BCUT2D eigenvalue weighted by molar-refractivity contribution is 5.69. The highest BCUT2D eigenvalue weighted by Crippen LogP contribution is 2.12. The minimum absolute atomic E-state index is 0. The van der Waals surface area contributed by atoms with Gasteiger partial charge in [0.1, 0.15) is 12.4 Å². The van der Waals surface area contributed by atoms with Crippen LogP contribution < -0.4 is 21.5 Å². The van der Waals surface area contributed by atoms with Gasteiger partial charge in [0.15, 0.2) is 6.54 Å². The maximum Gasteiger partial charge on any atom is 0.348 e. The third-order valence-corrected chi connectivity index (χ3v) is 4.90. The number of halogens is 1. The van der Waals surface area contributed by atoms with E-state index in [4.69, 9.17) is 4.74 Å². The van der Waals surface area contributed by atoms with Gasteiger partial charge in [-0.05, 0) is 6.42 Å². The topological polar surface area (TPSA) is 35.1 Å². The average Bonchev–Trinajstić information content (AvgIpc) is 3.03. The van der Waals surface area contributed by atoms with Crippen molar-refractivity contribution in [3.63, 3.8) is 0 Å². The van der Waals surface area contributed by atoms with Gasteiger partial charge in [-0.2, -0.15) is 0 Å². The monoisotopic (exact) mass is 444 g/mol. The summed E-state index contributed by atoms with van der Waals surface area (Å²) < 4.78 is 9.05. The number of carbonyl (C=O) groups is 1. The van der Waals surface area contributed by atoms with Gasteiger partial charge in [0.05, 0.1) is 13.7 Å². The lowest BCUT2D eigenvalue weighted by atomic mass is 10.0. The molecule has 0 aliphatic rings. The molecule has 0 saturated heterocycles. The Morgan fingerprint density at radius 1 is 0.852 bits per heavy atom. The first-order valence-electron chi connectivity index (χ1n) is 10.9. The molecule has 0 bridgehead atoms. The quantitative estimate of drug-likeness (QED) is 0.210. The van der Waals surface area contributed by atoms with Crippen LogP contribution in [0.25, 0.3) is 0 Å². The Labute approximate surface area is 177 Å². The Hall–Kier alpha value is -0.840. The van der Waals surface area contributed by atoms with Gasteiger partial charge >= 0.3 is 5.97 Å². The molecule has 0 radical (unpaired) electrons. The molecule has 0 unspecified atom stereocenters. The van der Waals surface area contributed by atoms with Crippen LogP contribution in [0.3, 0.4) is 0 Å². The predicted octanol–water partition coefficient (Wildman–Crippen LogP) is 2.34. The van der Waals surface area contributed by atoms with E-state index in [0.29, 0.717) is 13.2 Å². The zero-order valence-electron chi connectivity index (χ0n) is 17.6. The second kappa shape index (κ2) is 18.5. The van der Waals surface area contributed by atoms with Crippen molar-refractivity contribution in [2.45, 2.75) is 103 Å². The molecule has 158 valence electrons. The van der Waals surface area contributed by atoms with Gasteiger partial charge in [-0.1, -0.05) is 90.4 Å². The first-order valence-corrected chi connectivity index (χ1v) is 10.9. The van der Waals surface area contributed by atoms with E-state index in [1.54, 1.807) is 0 Å². The normalized spacial score (nSPS) is 10.6. The average molecular weight is 445 g/mol. The van der Waals surface area contributed by atoms with Crippen molar-refractivity contribution in [1.82, 2.24) is 4.57 Å². The summed E-state index contributed by atoms with van der Waals surface area (Å²) in [5, 5.41) is 0. The lowest BCUT2D eigenvalue weighted by Gasteiger charge is -2.04. The van der Waals surface area contributed by atoms with Crippen LogP contribution in [0, 0.1) is 0 Å². The van der Waals surface area contributed by atoms with E-state index >= 15 is 0 Å². The van der Waals surface area contributed by atoms with E-state index in [9.17, 15) is 4.79 Å². The molecule has 0 saturated carbocycles. The molecule has 0 aromatic carbocycles. The van der Waals surface area contributed by atoms with Gasteiger partial charge < -0.3 is 21.7 Å². The summed E-state index contributed by atoms with van der Waals surface area (Å²) in [6.45, 7) is 3.14. The number of aryl methyl sites for hydroxylation is 1. The maximum absolute atomic E-state index is 11.7. The Balaban J connectivity index is 0.00000676. The first-order chi connectivity index (χ1) is 12.7. The molecular weight excluding hydrogens is 404 g/mol. The summed E-state index contributed by atoms with van der Waals surface area (Å²) in [5.74, 6) is -0.143. The van der Waals surface area contributed by atoms with Crippen LogP contribution in [0.4, 0.5) is 0 Å². The Kier molecular flexibility index (Phi) is 17.9. The second-order valence-corrected chi connectivity index (χ2v) is 7.57. The lowest BCUT2D eigenvalue weighted by Crippen LogP contribution is -3.00. The summed E-state index contributed by atoms with van der Waals surface area (Å²) in [4.78, 5) is 11.7. The third-order valence-electron chi connectivity index (χ3n) is 4.90. The number of unbranched alkanes of at least 4 members (excludes halogenated alkanes) is 13. The fraction of sp³-hybridized carbons (Fsp3) is 0.818. The van der Waals surface area contributed by atoms with E-state index in [2.05, 4.69) is 6.92 Å².